The fourth-order valence-corrected chi connectivity index (χ4v) is 1.88. The molecule has 0 amide bonds. The molecule has 0 rings (SSSR count). The van der Waals surface area contributed by atoms with Crippen molar-refractivity contribution in [2.45, 2.75) is 58.6 Å². The molecule has 0 unspecified atom stereocenters. The Hall–Kier alpha value is 0.0649. The fourth-order valence-electron chi connectivity index (χ4n) is 1.88. The summed E-state index contributed by atoms with van der Waals surface area (Å²) in [6.07, 6.45) is 2.69. The normalized spacial score (nSPS) is 12.2. The highest BCUT2D eigenvalue weighted by molar-refractivity contribution is 6.41. The molecule has 0 saturated carbocycles. The van der Waals surface area contributed by atoms with Gasteiger partial charge in [0.15, 0.2) is 0 Å². The van der Waals surface area contributed by atoms with E-state index < -0.39 is 0 Å². The van der Waals surface area contributed by atoms with Gasteiger partial charge >= 0.3 is 0 Å². The average molecular weight is 140 g/mol. The van der Waals surface area contributed by atoms with Crippen molar-refractivity contribution in [3.63, 3.8) is 0 Å². The van der Waals surface area contributed by atoms with E-state index in [0.717, 1.165) is 5.82 Å². The van der Waals surface area contributed by atoms with Crippen LogP contribution in [-0.2, 0) is 0 Å². The monoisotopic (exact) mass is 140 g/mol. The minimum Gasteiger partial charge on any atom is -0.0707 e. The Bertz CT molecular complexity index is 84.7. The van der Waals surface area contributed by atoms with Crippen LogP contribution in [0, 0.1) is 0 Å². The highest BCUT2D eigenvalue weighted by Crippen LogP contribution is 2.32. The van der Waals surface area contributed by atoms with Crippen molar-refractivity contribution in [2.24, 2.45) is 0 Å². The third-order valence-electron chi connectivity index (χ3n) is 1.89. The van der Waals surface area contributed by atoms with Gasteiger partial charge in [-0.2, -0.15) is 0 Å². The maximum Gasteiger partial charge on any atom is 0.130 e. The summed E-state index contributed by atoms with van der Waals surface area (Å²) in [7, 11) is 1.36. The first-order chi connectivity index (χ1) is 4.48. The molecule has 0 saturated heterocycles. The molecule has 0 fully saturated rings. The van der Waals surface area contributed by atoms with Crippen LogP contribution in [0.1, 0.15) is 47.5 Å². The Morgan fingerprint density at radius 2 is 1.80 bits per heavy atom. The number of hydrogen-bond acceptors (Lipinski definition) is 0. The van der Waals surface area contributed by atoms with Gasteiger partial charge in [-0.25, -0.2) is 0 Å². The molecule has 0 atom stereocenters. The quantitative estimate of drug-likeness (QED) is 0.526. The van der Waals surface area contributed by atoms with Crippen LogP contribution in [0.3, 0.4) is 0 Å². The Morgan fingerprint density at radius 1 is 1.30 bits per heavy atom. The summed E-state index contributed by atoms with van der Waals surface area (Å²) in [5.41, 5.74) is 0. The molecule has 1 heteroatoms. The molecule has 0 aliphatic carbocycles. The molecule has 0 aromatic rings. The summed E-state index contributed by atoms with van der Waals surface area (Å²) < 4.78 is 0. The zero-order valence-corrected chi connectivity index (χ0v) is 8.20. The van der Waals surface area contributed by atoms with Crippen LogP contribution in [0.15, 0.2) is 0 Å². The Morgan fingerprint density at radius 3 is 2.10 bits per heavy atom. The molecule has 0 aromatic carbocycles. The predicted molar refractivity (Wildman–Crippen MR) is 51.2 cm³/mol. The van der Waals surface area contributed by atoms with E-state index in [1.54, 1.807) is 0 Å². The van der Waals surface area contributed by atoms with Gasteiger partial charge in [0.1, 0.15) is 7.28 Å². The van der Waals surface area contributed by atoms with Crippen LogP contribution >= 0.6 is 0 Å². The van der Waals surface area contributed by atoms with Crippen LogP contribution in [0.4, 0.5) is 0 Å². The van der Waals surface area contributed by atoms with Gasteiger partial charge in [-0.1, -0.05) is 58.6 Å². The van der Waals surface area contributed by atoms with Gasteiger partial charge in [0, 0.05) is 0 Å². The zero-order chi connectivity index (χ0) is 8.20. The summed E-state index contributed by atoms with van der Waals surface area (Å²) in [6, 6.07) is 0. The second kappa shape index (κ2) is 4.05. The topological polar surface area (TPSA) is 0 Å². The molecule has 10 heavy (non-hydrogen) atoms. The molecule has 0 heterocycles. The largest absolute Gasteiger partial charge is 0.130 e. The van der Waals surface area contributed by atoms with Gasteiger partial charge in [0.2, 0.25) is 0 Å². The first-order valence-electron chi connectivity index (χ1n) is 4.48. The van der Waals surface area contributed by atoms with E-state index in [9.17, 15) is 0 Å². The highest BCUT2D eigenvalue weighted by Gasteiger charge is 2.19. The molecular formula is C9H21B. The van der Waals surface area contributed by atoms with E-state index in [0.29, 0.717) is 5.31 Å². The van der Waals surface area contributed by atoms with E-state index in [2.05, 4.69) is 34.6 Å². The second-order valence-electron chi connectivity index (χ2n) is 4.51. The molecule has 0 aliphatic heterocycles. The summed E-state index contributed by atoms with van der Waals surface area (Å²) in [6.45, 7) is 11.6. The molecular weight excluding hydrogens is 119 g/mol. The molecule has 0 aromatic heterocycles. The Labute approximate surface area is 66.6 Å². The van der Waals surface area contributed by atoms with Crippen LogP contribution in [0.5, 0.6) is 0 Å². The van der Waals surface area contributed by atoms with E-state index in [4.69, 9.17) is 0 Å². The Balaban J connectivity index is 3.63. The van der Waals surface area contributed by atoms with Gasteiger partial charge < -0.3 is 0 Å². The average Bonchev–Trinajstić information content (AvgIpc) is 1.59. The van der Waals surface area contributed by atoms with Gasteiger partial charge in [-0.3, -0.25) is 0 Å². The second-order valence-corrected chi connectivity index (χ2v) is 4.51. The van der Waals surface area contributed by atoms with Gasteiger partial charge in [-0.15, -0.1) is 0 Å². The maximum atomic E-state index is 2.37. The third kappa shape index (κ3) is 4.90. The molecule has 60 valence electrons. The van der Waals surface area contributed by atoms with E-state index in [1.165, 1.54) is 20.1 Å². The predicted octanol–water partition coefficient (Wildman–Crippen LogP) is 3.25. The van der Waals surface area contributed by atoms with Gasteiger partial charge in [0.25, 0.3) is 0 Å². The fraction of sp³-hybridized carbons (Fsp3) is 1.00. The lowest BCUT2D eigenvalue weighted by Crippen LogP contribution is -2.14. The first kappa shape index (κ1) is 10.1. The lowest BCUT2D eigenvalue weighted by Gasteiger charge is -2.24. The van der Waals surface area contributed by atoms with Crippen molar-refractivity contribution < 1.29 is 0 Å². The minimum absolute atomic E-state index is 0.572. The van der Waals surface area contributed by atoms with Crippen molar-refractivity contribution in [1.29, 1.82) is 0 Å². The van der Waals surface area contributed by atoms with Crippen LogP contribution in [-0.4, -0.2) is 7.28 Å². The molecule has 0 N–H and O–H groups in total. The van der Waals surface area contributed by atoms with E-state index in [1.807, 2.05) is 0 Å². The zero-order valence-electron chi connectivity index (χ0n) is 8.20. The van der Waals surface area contributed by atoms with E-state index in [-0.39, 0.29) is 0 Å². The van der Waals surface area contributed by atoms with Crippen molar-refractivity contribution in [1.82, 2.24) is 0 Å². The smallest absolute Gasteiger partial charge is 0.0707 e. The first-order valence-corrected chi connectivity index (χ1v) is 4.48. The lowest BCUT2D eigenvalue weighted by atomic mass is 9.47. The maximum absolute atomic E-state index is 2.37. The third-order valence-corrected chi connectivity index (χ3v) is 1.89. The lowest BCUT2D eigenvalue weighted by molar-refractivity contribution is 0.585. The van der Waals surface area contributed by atoms with Crippen LogP contribution in [0.25, 0.3) is 0 Å². The van der Waals surface area contributed by atoms with Crippen molar-refractivity contribution in [3.8, 4) is 0 Å². The van der Waals surface area contributed by atoms with Gasteiger partial charge in [0.05, 0.1) is 0 Å². The molecule has 0 bridgehead atoms. The van der Waals surface area contributed by atoms with Crippen molar-refractivity contribution >= 4 is 7.28 Å². The van der Waals surface area contributed by atoms with Gasteiger partial charge in [-0.05, 0) is 0 Å². The van der Waals surface area contributed by atoms with Crippen LogP contribution < -0.4 is 0 Å². The van der Waals surface area contributed by atoms with Crippen molar-refractivity contribution in [2.75, 3.05) is 0 Å². The standard InChI is InChI=1S/C9H21B/c1-6-7-9(4,5)10-8(2)3/h8,10H,6-7H2,1-5H3. The summed E-state index contributed by atoms with van der Waals surface area (Å²) in [5, 5.41) is 0.572. The highest BCUT2D eigenvalue weighted by atomic mass is 14.1. The van der Waals surface area contributed by atoms with Crippen LogP contribution in [0.2, 0.25) is 11.1 Å². The number of hydrogen-bond donors (Lipinski definition) is 0. The summed E-state index contributed by atoms with van der Waals surface area (Å²) in [5.74, 6) is 0.849. The number of rotatable bonds is 4. The SMILES string of the molecule is CCCC(C)(C)BC(C)C. The van der Waals surface area contributed by atoms with Crippen molar-refractivity contribution in [3.05, 3.63) is 0 Å². The van der Waals surface area contributed by atoms with E-state index >= 15 is 0 Å². The molecule has 0 spiro atoms. The molecule has 0 radical (unpaired) electrons. The summed E-state index contributed by atoms with van der Waals surface area (Å²) >= 11 is 0. The minimum atomic E-state index is 0.572. The summed E-state index contributed by atoms with van der Waals surface area (Å²) in [4.78, 5) is 0. The molecule has 0 nitrogen and oxygen atoms in total. The molecule has 0 aliphatic rings. The Kier molecular flexibility index (Phi) is 4.08.